The Labute approximate surface area is 172 Å². The normalized spacial score (nSPS) is 15.1. The molecule has 2 aliphatic heterocycles. The van der Waals surface area contributed by atoms with Crippen molar-refractivity contribution in [2.45, 2.75) is 6.54 Å². The summed E-state index contributed by atoms with van der Waals surface area (Å²) in [4.78, 5) is 25.5. The molecule has 2 aliphatic rings. The highest BCUT2D eigenvalue weighted by Gasteiger charge is 2.26. The molecule has 2 aromatic rings. The standard InChI is InChI=1S/C21H20BrN5O/c1-26(2)9-8-14(20(23)28)13-6-7-18-15(10-13)21-25-19-5-3-4-17(22)16(19)11-27(21)12-24-18/h3-8,10,12H,9,11H2,1-2H3,(H2,23,28)/b14-8+. The van der Waals surface area contributed by atoms with E-state index in [9.17, 15) is 4.79 Å². The first-order valence-electron chi connectivity index (χ1n) is 8.90. The molecule has 0 saturated heterocycles. The largest absolute Gasteiger partial charge is 0.366 e. The van der Waals surface area contributed by atoms with Crippen LogP contribution >= 0.6 is 15.9 Å². The van der Waals surface area contributed by atoms with E-state index in [0.29, 0.717) is 18.7 Å². The van der Waals surface area contributed by atoms with Gasteiger partial charge in [0.2, 0.25) is 5.91 Å². The zero-order valence-corrected chi connectivity index (χ0v) is 17.3. The Kier molecular flexibility index (Phi) is 4.87. The molecule has 2 N–H and O–H groups in total. The van der Waals surface area contributed by atoms with Gasteiger partial charge in [-0.2, -0.15) is 0 Å². The van der Waals surface area contributed by atoms with Crippen LogP contribution in [0.5, 0.6) is 0 Å². The lowest BCUT2D eigenvalue weighted by Crippen LogP contribution is -2.34. The number of nitrogens with two attached hydrogens (primary N) is 1. The maximum atomic E-state index is 12.0. The second-order valence-corrected chi connectivity index (χ2v) is 7.88. The van der Waals surface area contributed by atoms with Gasteiger partial charge in [-0.3, -0.25) is 4.79 Å². The fraction of sp³-hybridized carbons (Fsp3) is 0.190. The van der Waals surface area contributed by atoms with Gasteiger partial charge in [0.1, 0.15) is 5.84 Å². The van der Waals surface area contributed by atoms with Crippen LogP contribution in [0.1, 0.15) is 16.7 Å². The molecule has 28 heavy (non-hydrogen) atoms. The predicted molar refractivity (Wildman–Crippen MR) is 116 cm³/mol. The van der Waals surface area contributed by atoms with E-state index < -0.39 is 5.91 Å². The summed E-state index contributed by atoms with van der Waals surface area (Å²) >= 11 is 3.60. The third-order valence-electron chi connectivity index (χ3n) is 4.73. The Hall–Kier alpha value is -2.77. The number of carbonyl (C=O) groups excluding carboxylic acids is 1. The minimum absolute atomic E-state index is 0.446. The van der Waals surface area contributed by atoms with Gasteiger partial charge in [0, 0.05) is 27.7 Å². The maximum absolute atomic E-state index is 12.0. The number of rotatable bonds is 4. The SMILES string of the molecule is CN(C)C/C=C(/C(N)=O)c1ccc2c(c1)C1=Nc3cccc(Br)c3CN1C=N2. The van der Waals surface area contributed by atoms with Gasteiger partial charge < -0.3 is 15.5 Å². The Morgan fingerprint density at radius 2 is 2.11 bits per heavy atom. The van der Waals surface area contributed by atoms with Crippen molar-refractivity contribution < 1.29 is 4.79 Å². The highest BCUT2D eigenvalue weighted by atomic mass is 79.9. The van der Waals surface area contributed by atoms with E-state index in [4.69, 9.17) is 10.7 Å². The van der Waals surface area contributed by atoms with Crippen LogP contribution in [0.3, 0.4) is 0 Å². The smallest absolute Gasteiger partial charge is 0.249 e. The van der Waals surface area contributed by atoms with Crippen molar-refractivity contribution in [3.05, 3.63) is 63.6 Å². The van der Waals surface area contributed by atoms with E-state index in [-0.39, 0.29) is 0 Å². The third kappa shape index (κ3) is 3.39. The number of likely N-dealkylation sites (N-methyl/N-ethyl adjacent to an activating group) is 1. The van der Waals surface area contributed by atoms with Crippen molar-refractivity contribution in [1.29, 1.82) is 0 Å². The van der Waals surface area contributed by atoms with E-state index in [1.165, 1.54) is 0 Å². The number of hydrogen-bond donors (Lipinski definition) is 1. The number of halogens is 1. The summed E-state index contributed by atoms with van der Waals surface area (Å²) in [6, 6.07) is 11.7. The molecule has 1 amide bonds. The van der Waals surface area contributed by atoms with Gasteiger partial charge in [-0.1, -0.05) is 34.1 Å². The monoisotopic (exact) mass is 437 g/mol. The molecule has 0 aliphatic carbocycles. The van der Waals surface area contributed by atoms with E-state index in [0.717, 1.165) is 38.4 Å². The highest BCUT2D eigenvalue weighted by Crippen LogP contribution is 2.37. The first-order chi connectivity index (χ1) is 13.4. The van der Waals surface area contributed by atoms with E-state index >= 15 is 0 Å². The Balaban J connectivity index is 1.81. The molecule has 0 bridgehead atoms. The molecule has 2 aromatic carbocycles. The second-order valence-electron chi connectivity index (χ2n) is 7.02. The number of amides is 1. The molecule has 4 rings (SSSR count). The van der Waals surface area contributed by atoms with Gasteiger partial charge in [-0.05, 0) is 43.9 Å². The maximum Gasteiger partial charge on any atom is 0.249 e. The number of carbonyl (C=O) groups is 1. The van der Waals surface area contributed by atoms with Crippen LogP contribution in [0.15, 0.2) is 56.9 Å². The van der Waals surface area contributed by atoms with Crippen molar-refractivity contribution in [3.8, 4) is 0 Å². The van der Waals surface area contributed by atoms with Gasteiger partial charge in [-0.15, -0.1) is 0 Å². The van der Waals surface area contributed by atoms with E-state index in [2.05, 4.69) is 20.9 Å². The zero-order chi connectivity index (χ0) is 19.8. The van der Waals surface area contributed by atoms with Crippen LogP contribution in [0.2, 0.25) is 0 Å². The quantitative estimate of drug-likeness (QED) is 0.744. The Bertz CT molecular complexity index is 1050. The minimum atomic E-state index is -0.446. The van der Waals surface area contributed by atoms with Gasteiger partial charge in [-0.25, -0.2) is 9.98 Å². The number of benzene rings is 2. The molecule has 0 spiro atoms. The molecule has 0 radical (unpaired) electrons. The van der Waals surface area contributed by atoms with Crippen LogP contribution in [-0.2, 0) is 11.3 Å². The molecule has 0 fully saturated rings. The lowest BCUT2D eigenvalue weighted by Gasteiger charge is -2.31. The minimum Gasteiger partial charge on any atom is -0.366 e. The number of aliphatic imine (C=N–C) groups is 2. The molecule has 2 heterocycles. The summed E-state index contributed by atoms with van der Waals surface area (Å²) in [6.07, 6.45) is 3.66. The topological polar surface area (TPSA) is 74.3 Å². The van der Waals surface area contributed by atoms with Gasteiger partial charge in [0.05, 0.1) is 24.3 Å². The van der Waals surface area contributed by atoms with Crippen LogP contribution in [0, 0.1) is 0 Å². The fourth-order valence-electron chi connectivity index (χ4n) is 3.30. The van der Waals surface area contributed by atoms with Crippen LogP contribution in [0.25, 0.3) is 5.57 Å². The van der Waals surface area contributed by atoms with Gasteiger partial charge in [0.15, 0.2) is 0 Å². The highest BCUT2D eigenvalue weighted by molar-refractivity contribution is 9.10. The summed E-state index contributed by atoms with van der Waals surface area (Å²) < 4.78 is 1.03. The van der Waals surface area contributed by atoms with Crippen LogP contribution in [0.4, 0.5) is 11.4 Å². The fourth-order valence-corrected chi connectivity index (χ4v) is 3.79. The molecule has 0 aromatic heterocycles. The predicted octanol–water partition coefficient (Wildman–Crippen LogP) is 3.45. The summed E-state index contributed by atoms with van der Waals surface area (Å²) in [5, 5.41) is 0. The average molecular weight is 438 g/mol. The Morgan fingerprint density at radius 3 is 2.86 bits per heavy atom. The van der Waals surface area contributed by atoms with Crippen molar-refractivity contribution in [2.75, 3.05) is 20.6 Å². The van der Waals surface area contributed by atoms with Crippen molar-refractivity contribution in [3.63, 3.8) is 0 Å². The first-order valence-corrected chi connectivity index (χ1v) is 9.70. The van der Waals surface area contributed by atoms with Crippen molar-refractivity contribution in [1.82, 2.24) is 9.80 Å². The van der Waals surface area contributed by atoms with Crippen LogP contribution < -0.4 is 5.73 Å². The Morgan fingerprint density at radius 1 is 1.29 bits per heavy atom. The van der Waals surface area contributed by atoms with E-state index in [1.807, 2.05) is 66.4 Å². The number of amidine groups is 1. The summed E-state index contributed by atoms with van der Waals surface area (Å²) in [5.41, 5.74) is 10.7. The molecular weight excluding hydrogens is 418 g/mol. The molecule has 0 atom stereocenters. The summed E-state index contributed by atoms with van der Waals surface area (Å²) in [7, 11) is 3.89. The molecular formula is C21H20BrN5O. The van der Waals surface area contributed by atoms with Crippen molar-refractivity contribution in [2.24, 2.45) is 15.7 Å². The molecule has 6 nitrogen and oxygen atoms in total. The van der Waals surface area contributed by atoms with Gasteiger partial charge in [0.25, 0.3) is 0 Å². The second kappa shape index (κ2) is 7.33. The van der Waals surface area contributed by atoms with E-state index in [1.54, 1.807) is 6.34 Å². The number of hydrogen-bond acceptors (Lipinski definition) is 5. The van der Waals surface area contributed by atoms with Crippen molar-refractivity contribution >= 4 is 51.0 Å². The molecule has 0 saturated carbocycles. The molecule has 7 heteroatoms. The average Bonchev–Trinajstić information content (AvgIpc) is 2.66. The lowest BCUT2D eigenvalue weighted by molar-refractivity contribution is -0.112. The first kappa shape index (κ1) is 18.6. The lowest BCUT2D eigenvalue weighted by atomic mass is 9.98. The number of nitrogens with zero attached hydrogens (tertiary/aromatic N) is 4. The van der Waals surface area contributed by atoms with Crippen LogP contribution in [-0.4, -0.2) is 48.5 Å². The molecule has 142 valence electrons. The third-order valence-corrected chi connectivity index (χ3v) is 5.47. The summed E-state index contributed by atoms with van der Waals surface area (Å²) in [5.74, 6) is 0.381. The molecule has 0 unspecified atom stereocenters. The number of primary amides is 1. The van der Waals surface area contributed by atoms with Gasteiger partial charge >= 0.3 is 0 Å². The summed E-state index contributed by atoms with van der Waals surface area (Å²) in [6.45, 7) is 1.31. The number of fused-ring (bicyclic) bond motifs is 4. The zero-order valence-electron chi connectivity index (χ0n) is 15.7.